The van der Waals surface area contributed by atoms with Gasteiger partial charge < -0.3 is 5.32 Å². The molecule has 1 saturated carbocycles. The average Bonchev–Trinajstić information content (AvgIpc) is 2.84. The predicted octanol–water partition coefficient (Wildman–Crippen LogP) is 4.03. The fourth-order valence-electron chi connectivity index (χ4n) is 2.61. The molecule has 0 bridgehead atoms. The van der Waals surface area contributed by atoms with E-state index in [-0.39, 0.29) is 0 Å². The maximum atomic E-state index is 3.71. The molecule has 90 valence electrons. The summed E-state index contributed by atoms with van der Waals surface area (Å²) in [6, 6.07) is 3.10. The Labute approximate surface area is 103 Å². The summed E-state index contributed by atoms with van der Waals surface area (Å²) in [4.78, 5) is 2.96. The molecule has 0 saturated heterocycles. The van der Waals surface area contributed by atoms with Crippen LogP contribution in [0.1, 0.15) is 47.9 Å². The predicted molar refractivity (Wildman–Crippen MR) is 72.1 cm³/mol. The van der Waals surface area contributed by atoms with Crippen LogP contribution in [-0.4, -0.2) is 6.04 Å². The number of nitrogens with one attached hydrogen (secondary N) is 1. The molecule has 1 aromatic heterocycles. The Balaban J connectivity index is 1.79. The molecule has 1 aliphatic carbocycles. The second-order valence-electron chi connectivity index (χ2n) is 5.12. The zero-order valence-corrected chi connectivity index (χ0v) is 11.5. The molecule has 1 fully saturated rings. The molecule has 1 N–H and O–H groups in total. The number of aryl methyl sites for hydroxylation is 2. The average molecular weight is 237 g/mol. The Morgan fingerprint density at radius 3 is 2.75 bits per heavy atom. The molecule has 1 aromatic rings. The van der Waals surface area contributed by atoms with Crippen molar-refractivity contribution in [1.29, 1.82) is 0 Å². The van der Waals surface area contributed by atoms with Crippen molar-refractivity contribution in [3.05, 3.63) is 21.4 Å². The Bertz CT molecular complexity index is 323. The molecule has 0 amide bonds. The van der Waals surface area contributed by atoms with E-state index < -0.39 is 0 Å². The maximum absolute atomic E-state index is 3.71. The van der Waals surface area contributed by atoms with Crippen LogP contribution >= 0.6 is 11.3 Å². The first-order valence-electron chi connectivity index (χ1n) is 6.48. The molecule has 0 aromatic carbocycles. The number of hydrogen-bond donors (Lipinski definition) is 1. The molecule has 1 heterocycles. The van der Waals surface area contributed by atoms with E-state index in [1.807, 2.05) is 11.3 Å². The first-order chi connectivity index (χ1) is 7.69. The van der Waals surface area contributed by atoms with Gasteiger partial charge in [-0.2, -0.15) is 0 Å². The molecule has 16 heavy (non-hydrogen) atoms. The van der Waals surface area contributed by atoms with E-state index in [1.54, 1.807) is 0 Å². The lowest BCUT2D eigenvalue weighted by molar-refractivity contribution is 0.478. The van der Waals surface area contributed by atoms with Crippen molar-refractivity contribution in [1.82, 2.24) is 5.32 Å². The molecule has 2 heteroatoms. The van der Waals surface area contributed by atoms with Crippen molar-refractivity contribution in [2.75, 3.05) is 0 Å². The van der Waals surface area contributed by atoms with Crippen molar-refractivity contribution in [2.24, 2.45) is 5.92 Å². The third-order valence-electron chi connectivity index (χ3n) is 3.90. The summed E-state index contributed by atoms with van der Waals surface area (Å²) in [7, 11) is 0. The van der Waals surface area contributed by atoms with Crippen molar-refractivity contribution < 1.29 is 0 Å². The van der Waals surface area contributed by atoms with Crippen molar-refractivity contribution in [3.8, 4) is 0 Å². The highest BCUT2D eigenvalue weighted by Gasteiger charge is 2.22. The minimum absolute atomic E-state index is 0.771. The highest BCUT2D eigenvalue weighted by Crippen LogP contribution is 2.28. The molecule has 0 radical (unpaired) electrons. The van der Waals surface area contributed by atoms with Crippen LogP contribution in [0.15, 0.2) is 6.07 Å². The van der Waals surface area contributed by atoms with Crippen LogP contribution in [0.5, 0.6) is 0 Å². The monoisotopic (exact) mass is 237 g/mol. The molecular formula is C14H23NS. The first kappa shape index (κ1) is 12.1. The van der Waals surface area contributed by atoms with Crippen LogP contribution in [0.4, 0.5) is 0 Å². The Morgan fingerprint density at radius 1 is 1.38 bits per heavy atom. The second-order valence-corrected chi connectivity index (χ2v) is 6.46. The lowest BCUT2D eigenvalue weighted by atomic mass is 10.1. The van der Waals surface area contributed by atoms with Gasteiger partial charge in [-0.05, 0) is 50.7 Å². The fraction of sp³-hybridized carbons (Fsp3) is 0.714. The van der Waals surface area contributed by atoms with Gasteiger partial charge in [0.2, 0.25) is 0 Å². The Kier molecular flexibility index (Phi) is 4.04. The minimum Gasteiger partial charge on any atom is -0.309 e. The van der Waals surface area contributed by atoms with Gasteiger partial charge in [-0.1, -0.05) is 13.3 Å². The number of rotatable bonds is 4. The zero-order chi connectivity index (χ0) is 11.5. The topological polar surface area (TPSA) is 12.0 Å². The second kappa shape index (κ2) is 5.33. The van der Waals surface area contributed by atoms with E-state index in [2.05, 4.69) is 32.2 Å². The summed E-state index contributed by atoms with van der Waals surface area (Å²) in [5.41, 5.74) is 1.44. The molecule has 1 aliphatic rings. The van der Waals surface area contributed by atoms with Crippen LogP contribution in [0.2, 0.25) is 0 Å². The zero-order valence-electron chi connectivity index (χ0n) is 10.7. The van der Waals surface area contributed by atoms with E-state index in [1.165, 1.54) is 41.0 Å². The van der Waals surface area contributed by atoms with Gasteiger partial charge in [0.1, 0.15) is 0 Å². The van der Waals surface area contributed by atoms with E-state index >= 15 is 0 Å². The van der Waals surface area contributed by atoms with Crippen molar-refractivity contribution in [3.63, 3.8) is 0 Å². The van der Waals surface area contributed by atoms with Gasteiger partial charge in [0, 0.05) is 22.3 Å². The third kappa shape index (κ3) is 2.86. The summed E-state index contributed by atoms with van der Waals surface area (Å²) in [5.74, 6) is 0.976. The fourth-order valence-corrected chi connectivity index (χ4v) is 3.62. The number of thiophene rings is 1. The normalized spacial score (nSPS) is 25.2. The summed E-state index contributed by atoms with van der Waals surface area (Å²) >= 11 is 1.94. The molecule has 1 nitrogen and oxygen atoms in total. The summed E-state index contributed by atoms with van der Waals surface area (Å²) in [6.45, 7) is 7.81. The van der Waals surface area contributed by atoms with Gasteiger partial charge >= 0.3 is 0 Å². The number of hydrogen-bond acceptors (Lipinski definition) is 2. The van der Waals surface area contributed by atoms with Crippen LogP contribution in [0.25, 0.3) is 0 Å². The molecule has 0 aliphatic heterocycles. The van der Waals surface area contributed by atoms with Gasteiger partial charge in [0.15, 0.2) is 0 Å². The van der Waals surface area contributed by atoms with E-state index in [9.17, 15) is 0 Å². The first-order valence-corrected chi connectivity index (χ1v) is 7.30. The lowest BCUT2D eigenvalue weighted by Crippen LogP contribution is -2.25. The van der Waals surface area contributed by atoms with Crippen LogP contribution in [-0.2, 0) is 6.54 Å². The summed E-state index contributed by atoms with van der Waals surface area (Å²) in [5, 5.41) is 3.71. The van der Waals surface area contributed by atoms with Crippen molar-refractivity contribution in [2.45, 2.75) is 59.0 Å². The van der Waals surface area contributed by atoms with Gasteiger partial charge in [-0.25, -0.2) is 0 Å². The van der Waals surface area contributed by atoms with Crippen LogP contribution in [0.3, 0.4) is 0 Å². The van der Waals surface area contributed by atoms with Gasteiger partial charge in [-0.3, -0.25) is 0 Å². The largest absolute Gasteiger partial charge is 0.309 e. The highest BCUT2D eigenvalue weighted by molar-refractivity contribution is 7.12. The third-order valence-corrected chi connectivity index (χ3v) is 5.05. The SMILES string of the molecule is CCC1CCC(NCc2cc(C)c(C)s2)C1. The maximum Gasteiger partial charge on any atom is 0.0302 e. The smallest absolute Gasteiger partial charge is 0.0302 e. The standard InChI is InChI=1S/C14H23NS/c1-4-12-5-6-13(8-12)15-9-14-7-10(2)11(3)16-14/h7,12-13,15H,4-6,8-9H2,1-3H3. The summed E-state index contributed by atoms with van der Waals surface area (Å²) in [6.07, 6.45) is 5.55. The molecule has 2 atom stereocenters. The summed E-state index contributed by atoms with van der Waals surface area (Å²) < 4.78 is 0. The van der Waals surface area contributed by atoms with E-state index in [0.29, 0.717) is 0 Å². The Hall–Kier alpha value is -0.340. The van der Waals surface area contributed by atoms with Crippen molar-refractivity contribution >= 4 is 11.3 Å². The Morgan fingerprint density at radius 2 is 2.19 bits per heavy atom. The highest BCUT2D eigenvalue weighted by atomic mass is 32.1. The molecule has 2 unspecified atom stereocenters. The minimum atomic E-state index is 0.771. The van der Waals surface area contributed by atoms with E-state index in [4.69, 9.17) is 0 Å². The van der Waals surface area contributed by atoms with E-state index in [0.717, 1.165) is 18.5 Å². The van der Waals surface area contributed by atoms with Gasteiger partial charge in [-0.15, -0.1) is 11.3 Å². The van der Waals surface area contributed by atoms with Gasteiger partial charge in [0.25, 0.3) is 0 Å². The lowest BCUT2D eigenvalue weighted by Gasteiger charge is -2.11. The van der Waals surface area contributed by atoms with Crippen LogP contribution < -0.4 is 5.32 Å². The van der Waals surface area contributed by atoms with Crippen LogP contribution in [0, 0.1) is 19.8 Å². The molecular weight excluding hydrogens is 214 g/mol. The quantitative estimate of drug-likeness (QED) is 0.833. The molecule has 0 spiro atoms. The molecule has 2 rings (SSSR count). The van der Waals surface area contributed by atoms with Gasteiger partial charge in [0.05, 0.1) is 0 Å².